The van der Waals surface area contributed by atoms with Gasteiger partial charge in [0.25, 0.3) is 0 Å². The zero-order chi connectivity index (χ0) is 13.6. The SMILES string of the molecule is C=CC[N+]1(CC#Cc2ccc(Cl)cc2)CCCCC1.[Br-]. The van der Waals surface area contributed by atoms with E-state index in [2.05, 4.69) is 18.4 Å². The summed E-state index contributed by atoms with van der Waals surface area (Å²) in [6.45, 7) is 8.33. The highest BCUT2D eigenvalue weighted by atomic mass is 79.9. The highest BCUT2D eigenvalue weighted by molar-refractivity contribution is 6.30. The molecule has 0 N–H and O–H groups in total. The molecule has 1 aliphatic heterocycles. The molecule has 1 saturated heterocycles. The number of likely N-dealkylation sites (tertiary alicyclic amines) is 1. The number of piperidine rings is 1. The van der Waals surface area contributed by atoms with Crippen molar-refractivity contribution in [3.05, 3.63) is 47.5 Å². The van der Waals surface area contributed by atoms with Crippen molar-refractivity contribution in [1.29, 1.82) is 0 Å². The number of hydrogen-bond donors (Lipinski definition) is 0. The summed E-state index contributed by atoms with van der Waals surface area (Å²) in [5, 5.41) is 0.761. The number of rotatable bonds is 3. The summed E-state index contributed by atoms with van der Waals surface area (Å²) in [5.41, 5.74) is 1.04. The lowest BCUT2D eigenvalue weighted by atomic mass is 10.1. The van der Waals surface area contributed by atoms with E-state index in [0.29, 0.717) is 0 Å². The molecular formula is C17H21BrClN. The van der Waals surface area contributed by atoms with Gasteiger partial charge in [-0.1, -0.05) is 24.1 Å². The van der Waals surface area contributed by atoms with Gasteiger partial charge in [0.1, 0.15) is 6.54 Å². The maximum Gasteiger partial charge on any atom is 0.141 e. The van der Waals surface area contributed by atoms with Crippen LogP contribution in [0.4, 0.5) is 0 Å². The third-order valence-corrected chi connectivity index (χ3v) is 4.02. The molecule has 1 aliphatic rings. The van der Waals surface area contributed by atoms with Gasteiger partial charge in [0.2, 0.25) is 0 Å². The molecule has 20 heavy (non-hydrogen) atoms. The highest BCUT2D eigenvalue weighted by Gasteiger charge is 2.27. The molecule has 0 amide bonds. The summed E-state index contributed by atoms with van der Waals surface area (Å²) < 4.78 is 1.09. The van der Waals surface area contributed by atoms with Crippen molar-refractivity contribution in [3.8, 4) is 11.8 Å². The second-order valence-electron chi connectivity index (χ2n) is 5.29. The highest BCUT2D eigenvalue weighted by Crippen LogP contribution is 2.18. The van der Waals surface area contributed by atoms with Gasteiger partial charge in [-0.05, 0) is 55.5 Å². The summed E-state index contributed by atoms with van der Waals surface area (Å²) in [6.07, 6.45) is 6.03. The largest absolute Gasteiger partial charge is 1.00 e. The van der Waals surface area contributed by atoms with E-state index in [1.165, 1.54) is 32.4 Å². The van der Waals surface area contributed by atoms with Gasteiger partial charge < -0.3 is 21.5 Å². The van der Waals surface area contributed by atoms with E-state index in [0.717, 1.165) is 28.2 Å². The lowest BCUT2D eigenvalue weighted by Crippen LogP contribution is -3.00. The Labute approximate surface area is 138 Å². The van der Waals surface area contributed by atoms with Crippen LogP contribution in [-0.4, -0.2) is 30.7 Å². The van der Waals surface area contributed by atoms with Crippen molar-refractivity contribution in [2.45, 2.75) is 19.3 Å². The normalized spacial score (nSPS) is 16.4. The summed E-state index contributed by atoms with van der Waals surface area (Å²) in [6, 6.07) is 7.73. The van der Waals surface area contributed by atoms with Crippen molar-refractivity contribution in [2.24, 2.45) is 0 Å². The van der Waals surface area contributed by atoms with Crippen molar-refractivity contribution in [1.82, 2.24) is 0 Å². The standard InChI is InChI=1S/C17H21ClN.BrH/c1-2-12-19(13-4-3-5-14-19)15-6-7-16-8-10-17(18)11-9-16;/h2,8-11H,1,3-5,12-15H2;1H/q+1;/p-1. The van der Waals surface area contributed by atoms with E-state index < -0.39 is 0 Å². The molecule has 1 aromatic carbocycles. The molecule has 1 fully saturated rings. The molecule has 1 heterocycles. The van der Waals surface area contributed by atoms with Crippen molar-refractivity contribution in [3.63, 3.8) is 0 Å². The summed E-state index contributed by atoms with van der Waals surface area (Å²) in [4.78, 5) is 0. The van der Waals surface area contributed by atoms with Crippen molar-refractivity contribution >= 4 is 11.6 Å². The van der Waals surface area contributed by atoms with E-state index >= 15 is 0 Å². The zero-order valence-electron chi connectivity index (χ0n) is 11.7. The fraction of sp³-hybridized carbons (Fsp3) is 0.412. The quantitative estimate of drug-likeness (QED) is 0.429. The fourth-order valence-corrected chi connectivity index (χ4v) is 2.83. The molecule has 3 heteroatoms. The van der Waals surface area contributed by atoms with Crippen molar-refractivity contribution < 1.29 is 21.5 Å². The molecule has 108 valence electrons. The maximum atomic E-state index is 5.87. The lowest BCUT2D eigenvalue weighted by Gasteiger charge is -2.39. The average molecular weight is 355 g/mol. The van der Waals surface area contributed by atoms with Gasteiger partial charge in [0.15, 0.2) is 0 Å². The number of benzene rings is 1. The molecular weight excluding hydrogens is 334 g/mol. The van der Waals surface area contributed by atoms with Gasteiger partial charge >= 0.3 is 0 Å². The van der Waals surface area contributed by atoms with Crippen LogP contribution in [0.2, 0.25) is 5.02 Å². The molecule has 2 rings (SSSR count). The molecule has 0 saturated carbocycles. The van der Waals surface area contributed by atoms with Crippen LogP contribution in [0, 0.1) is 11.8 Å². The van der Waals surface area contributed by atoms with E-state index in [1.54, 1.807) is 0 Å². The predicted octanol–water partition coefficient (Wildman–Crippen LogP) is 0.882. The molecule has 0 aromatic heterocycles. The minimum absolute atomic E-state index is 0. The molecule has 0 spiro atoms. The number of quaternary nitrogens is 1. The van der Waals surface area contributed by atoms with E-state index in [4.69, 9.17) is 11.6 Å². The topological polar surface area (TPSA) is 0 Å². The Kier molecular flexibility index (Phi) is 7.37. The van der Waals surface area contributed by atoms with Crippen LogP contribution in [0.15, 0.2) is 36.9 Å². The molecule has 1 aromatic rings. The Balaban J connectivity index is 0.00000200. The van der Waals surface area contributed by atoms with Crippen LogP contribution in [0.1, 0.15) is 24.8 Å². The minimum atomic E-state index is 0. The Hall–Kier alpha value is -0.750. The molecule has 0 radical (unpaired) electrons. The Morgan fingerprint density at radius 1 is 1.15 bits per heavy atom. The van der Waals surface area contributed by atoms with Gasteiger partial charge in [-0.15, -0.1) is 0 Å². The Morgan fingerprint density at radius 3 is 2.40 bits per heavy atom. The summed E-state index contributed by atoms with van der Waals surface area (Å²) in [7, 11) is 0. The smallest absolute Gasteiger partial charge is 0.141 e. The Bertz CT molecular complexity index is 478. The van der Waals surface area contributed by atoms with E-state index in [9.17, 15) is 0 Å². The van der Waals surface area contributed by atoms with Crippen LogP contribution in [0.3, 0.4) is 0 Å². The van der Waals surface area contributed by atoms with E-state index in [-0.39, 0.29) is 17.0 Å². The zero-order valence-corrected chi connectivity index (χ0v) is 14.1. The van der Waals surface area contributed by atoms with Gasteiger partial charge in [-0.3, -0.25) is 0 Å². The molecule has 0 unspecified atom stereocenters. The lowest BCUT2D eigenvalue weighted by molar-refractivity contribution is -0.920. The van der Waals surface area contributed by atoms with Gasteiger partial charge in [-0.2, -0.15) is 0 Å². The number of hydrogen-bond acceptors (Lipinski definition) is 0. The molecule has 0 atom stereocenters. The second kappa shape index (κ2) is 8.52. The van der Waals surface area contributed by atoms with Crippen molar-refractivity contribution in [2.75, 3.05) is 26.2 Å². The van der Waals surface area contributed by atoms with Crippen LogP contribution in [-0.2, 0) is 0 Å². The number of halogens is 2. The van der Waals surface area contributed by atoms with Crippen LogP contribution < -0.4 is 17.0 Å². The first-order chi connectivity index (χ1) is 9.24. The first kappa shape index (κ1) is 17.3. The first-order valence-electron chi connectivity index (χ1n) is 6.95. The summed E-state index contributed by atoms with van der Waals surface area (Å²) >= 11 is 5.87. The maximum absolute atomic E-state index is 5.87. The average Bonchev–Trinajstić information content (AvgIpc) is 2.42. The molecule has 0 aliphatic carbocycles. The third-order valence-electron chi connectivity index (χ3n) is 3.77. The van der Waals surface area contributed by atoms with Crippen LogP contribution in [0.5, 0.6) is 0 Å². The third kappa shape index (κ3) is 4.98. The monoisotopic (exact) mass is 353 g/mol. The van der Waals surface area contributed by atoms with Gasteiger partial charge in [-0.25, -0.2) is 0 Å². The van der Waals surface area contributed by atoms with Gasteiger partial charge in [0, 0.05) is 10.6 Å². The summed E-state index contributed by atoms with van der Waals surface area (Å²) in [5.74, 6) is 6.59. The van der Waals surface area contributed by atoms with E-state index in [1.807, 2.05) is 30.3 Å². The Morgan fingerprint density at radius 2 is 1.80 bits per heavy atom. The number of nitrogens with zero attached hydrogens (tertiary/aromatic N) is 1. The molecule has 0 bridgehead atoms. The predicted molar refractivity (Wildman–Crippen MR) is 82.1 cm³/mol. The van der Waals surface area contributed by atoms with Crippen LogP contribution in [0.25, 0.3) is 0 Å². The van der Waals surface area contributed by atoms with Crippen LogP contribution >= 0.6 is 11.6 Å². The first-order valence-corrected chi connectivity index (χ1v) is 7.32. The molecule has 1 nitrogen and oxygen atoms in total. The fourth-order valence-electron chi connectivity index (χ4n) is 2.70. The second-order valence-corrected chi connectivity index (χ2v) is 5.72. The van der Waals surface area contributed by atoms with Gasteiger partial charge in [0.05, 0.1) is 19.6 Å². The minimum Gasteiger partial charge on any atom is -1.00 e.